The number of aromatic nitrogens is 8. The number of aromatic carboxylic acids is 4. The van der Waals surface area contributed by atoms with E-state index in [4.69, 9.17) is 58.8 Å². The molecular formula is C76H40N8O12Zn. The molecule has 458 valence electrons. The molecule has 20 nitrogen and oxygen atoms in total. The number of hydrogen-bond donors (Lipinski definition) is 4. The first kappa shape index (κ1) is 58.8. The number of carboxylic acids is 4. The Kier molecular flexibility index (Phi) is 14.0. The molecule has 3 aromatic heterocycles. The third kappa shape index (κ3) is 10.9. The number of nitrogens with zero attached hydrogens (tertiary/aromatic N) is 8. The minimum atomic E-state index is -1.05. The molecule has 0 saturated carbocycles. The first-order chi connectivity index (χ1) is 46.7. The molecule has 4 N–H and O–H groups in total. The maximum Gasteiger partial charge on any atom is 2.00 e. The zero-order valence-corrected chi connectivity index (χ0v) is 53.1. The third-order valence-corrected chi connectivity index (χ3v) is 16.8. The molecule has 0 amide bonds. The average molecular weight is 1320 g/mol. The molecule has 97 heavy (non-hydrogen) atoms. The summed E-state index contributed by atoms with van der Waals surface area (Å²) >= 11 is 0. The number of carboxylic acid groups (broad SMARTS) is 4. The summed E-state index contributed by atoms with van der Waals surface area (Å²) in [5, 5.41) is 47.0. The number of ether oxygens (including phenoxy) is 4. The summed E-state index contributed by atoms with van der Waals surface area (Å²) in [7, 11) is 0. The van der Waals surface area contributed by atoms with Gasteiger partial charge in [0.25, 0.3) is 0 Å². The summed E-state index contributed by atoms with van der Waals surface area (Å²) < 4.78 is 25.1. The Morgan fingerprint density at radius 2 is 0.454 bits per heavy atom. The van der Waals surface area contributed by atoms with Gasteiger partial charge in [-0.05, 0) is 259 Å². The number of carbonyl (C=O) groups is 4. The van der Waals surface area contributed by atoms with Gasteiger partial charge in [-0.3, -0.25) is 0 Å². The molecule has 2 aliphatic heterocycles. The van der Waals surface area contributed by atoms with Gasteiger partial charge in [0.15, 0.2) is 0 Å². The van der Waals surface area contributed by atoms with E-state index >= 15 is 0 Å². The van der Waals surface area contributed by atoms with E-state index in [2.05, 4.69) is 0 Å². The van der Waals surface area contributed by atoms with Crippen LogP contribution in [0.5, 0.6) is 46.0 Å². The fourth-order valence-corrected chi connectivity index (χ4v) is 12.0. The predicted octanol–water partition coefficient (Wildman–Crippen LogP) is 16.7. The molecule has 21 heteroatoms. The SMILES string of the molecule is O=C(O)c1ccc(Oc2ccc3cc4c(cc3c2)-c2nc-4nc3[n-]c(nc4nc(nc5[n-]c(n2)c2cc6ccc(Oc7ccc(C(=O)O)cc7)cc6cc52)-c2cc5ccc(Oc6ccc(C(=O)O)cc6)cc5cc2-4)c2cc4ccc(Oc5ccc(C(=O)O)cc5)cc4cc32)cc1.[Zn+2]. The Morgan fingerprint density at radius 3 is 0.701 bits per heavy atom. The minimum absolute atomic E-state index is 0. The zero-order valence-electron chi connectivity index (χ0n) is 50.1. The Labute approximate surface area is 558 Å². The van der Waals surface area contributed by atoms with Crippen LogP contribution >= 0.6 is 0 Å². The normalized spacial score (nSPS) is 11.5. The van der Waals surface area contributed by atoms with Crippen LogP contribution in [0.4, 0.5) is 0 Å². The van der Waals surface area contributed by atoms with Gasteiger partial charge in [0, 0.05) is 44.8 Å². The van der Waals surface area contributed by atoms with Gasteiger partial charge in [-0.2, -0.15) is 0 Å². The van der Waals surface area contributed by atoms with Crippen LogP contribution in [0.2, 0.25) is 0 Å². The molecule has 15 aromatic rings. The van der Waals surface area contributed by atoms with Crippen LogP contribution in [0.3, 0.4) is 0 Å². The molecule has 5 heterocycles. The Hall–Kier alpha value is -13.3. The second kappa shape index (κ2) is 23.1. The van der Waals surface area contributed by atoms with Crippen molar-refractivity contribution in [2.45, 2.75) is 0 Å². The van der Waals surface area contributed by atoms with Gasteiger partial charge in [-0.1, -0.05) is 24.3 Å². The summed E-state index contributed by atoms with van der Waals surface area (Å²) in [5.41, 5.74) is 4.18. The van der Waals surface area contributed by atoms with Gasteiger partial charge in [0.1, 0.15) is 46.0 Å². The molecule has 0 saturated heterocycles. The fraction of sp³-hybridized carbons (Fsp3) is 0. The summed E-state index contributed by atoms with van der Waals surface area (Å²) in [6.07, 6.45) is 0. The van der Waals surface area contributed by atoms with E-state index in [9.17, 15) is 39.6 Å². The first-order valence-electron chi connectivity index (χ1n) is 29.8. The van der Waals surface area contributed by atoms with Gasteiger partial charge in [-0.15, -0.1) is 0 Å². The molecule has 0 unspecified atom stereocenters. The summed E-state index contributed by atoms with van der Waals surface area (Å²) in [6, 6.07) is 62.9. The van der Waals surface area contributed by atoms with Crippen molar-refractivity contribution in [3.8, 4) is 91.5 Å². The van der Waals surface area contributed by atoms with Gasteiger partial charge >= 0.3 is 43.4 Å². The van der Waals surface area contributed by atoms with Gasteiger partial charge in [0.05, 0.1) is 45.6 Å². The largest absolute Gasteiger partial charge is 2.00 e. The number of benzene rings is 12. The van der Waals surface area contributed by atoms with Crippen molar-refractivity contribution in [3.63, 3.8) is 0 Å². The molecule has 0 atom stereocenters. The Morgan fingerprint density at radius 1 is 0.247 bits per heavy atom. The number of hydrogen-bond acceptors (Lipinski definition) is 14. The maximum atomic E-state index is 11.6. The number of fused-ring (bicyclic) bond motifs is 24. The van der Waals surface area contributed by atoms with Crippen molar-refractivity contribution < 1.29 is 78.0 Å². The van der Waals surface area contributed by atoms with Crippen LogP contribution in [0.1, 0.15) is 41.4 Å². The van der Waals surface area contributed by atoms with Crippen LogP contribution in [-0.2, 0) is 19.5 Å². The molecular weight excluding hydrogens is 1280 g/mol. The van der Waals surface area contributed by atoms with E-state index in [1.54, 1.807) is 48.5 Å². The number of rotatable bonds is 12. The van der Waals surface area contributed by atoms with Crippen molar-refractivity contribution in [2.24, 2.45) is 0 Å². The predicted molar refractivity (Wildman–Crippen MR) is 358 cm³/mol. The second-order valence-corrected chi connectivity index (χ2v) is 22.8. The molecule has 0 aliphatic carbocycles. The van der Waals surface area contributed by atoms with Crippen molar-refractivity contribution in [1.29, 1.82) is 0 Å². The van der Waals surface area contributed by atoms with Gasteiger partial charge in [-0.25, -0.2) is 29.1 Å². The molecule has 17 rings (SSSR count). The topological polar surface area (TPSA) is 292 Å². The van der Waals surface area contributed by atoms with E-state index in [0.29, 0.717) is 113 Å². The molecule has 0 spiro atoms. The summed E-state index contributed by atoms with van der Waals surface area (Å²) in [6.45, 7) is 0. The summed E-state index contributed by atoms with van der Waals surface area (Å²) in [5.74, 6) is 0.708. The zero-order chi connectivity index (χ0) is 65.0. The monoisotopic (exact) mass is 1320 g/mol. The minimum Gasteiger partial charge on any atom is -0.478 e. The van der Waals surface area contributed by atoms with Crippen LogP contribution in [0.15, 0.2) is 218 Å². The molecule has 8 bridgehead atoms. The van der Waals surface area contributed by atoms with E-state index < -0.39 is 23.9 Å². The van der Waals surface area contributed by atoms with E-state index in [-0.39, 0.29) is 64.7 Å². The standard InChI is InChI=1S/C76H42N8O12.Zn/c85-73(86)37-1-13-49(14-2-37)93-53-21-9-41-29-57-61(33-45(41)25-53)69-77-65(57)82-70-63-35-47-27-55(95-51-17-5-39(6-18-51)75(89)90)23-11-43(47)31-59(63)67(79-70)84-72-64-36-48-28-56(96-52-19-7-40(8-20-52)76(91)92)24-12-44(48)32-60(64)68(80-72)83-71-62-34-46-26-54(94-50-15-3-38(4-16-50)74(87)88)22-10-42(46)30-58(62)66(78-71)81-69;/h1-36H,(H6,77,78,79,80,81,82,83,84,85,86,87,88,89,90,91,92);/q;+2/p-2. The van der Waals surface area contributed by atoms with Crippen molar-refractivity contribution in [3.05, 3.63) is 241 Å². The Balaban J connectivity index is 0.00000738. The third-order valence-electron chi connectivity index (χ3n) is 16.8. The van der Waals surface area contributed by atoms with Gasteiger partial charge < -0.3 is 69.3 Å². The van der Waals surface area contributed by atoms with E-state index in [0.717, 1.165) is 43.1 Å². The van der Waals surface area contributed by atoms with E-state index in [1.807, 2.05) is 121 Å². The van der Waals surface area contributed by atoms with E-state index in [1.165, 1.54) is 48.5 Å². The molecule has 0 radical (unpaired) electrons. The molecule has 0 fully saturated rings. The van der Waals surface area contributed by atoms with Crippen LogP contribution in [0.25, 0.3) is 133 Å². The molecule has 2 aliphatic rings. The van der Waals surface area contributed by atoms with Crippen molar-refractivity contribution in [1.82, 2.24) is 39.9 Å². The smallest absolute Gasteiger partial charge is 0.478 e. The molecule has 12 aromatic carbocycles. The van der Waals surface area contributed by atoms with Crippen molar-refractivity contribution >= 4 is 111 Å². The fourth-order valence-electron chi connectivity index (χ4n) is 12.0. The van der Waals surface area contributed by atoms with Crippen LogP contribution < -0.4 is 28.9 Å². The summed E-state index contributed by atoms with van der Waals surface area (Å²) in [4.78, 5) is 88.8. The maximum absolute atomic E-state index is 11.6. The van der Waals surface area contributed by atoms with Crippen LogP contribution in [0, 0.1) is 0 Å². The first-order valence-corrected chi connectivity index (χ1v) is 29.8. The van der Waals surface area contributed by atoms with Gasteiger partial charge in [0.2, 0.25) is 0 Å². The second-order valence-electron chi connectivity index (χ2n) is 22.8. The average Bonchev–Trinajstić information content (AvgIpc) is 1.60. The Bertz CT molecular complexity index is 5730. The van der Waals surface area contributed by atoms with Crippen LogP contribution in [-0.4, -0.2) is 74.2 Å². The quantitative estimate of drug-likeness (QED) is 0.0826. The van der Waals surface area contributed by atoms with Crippen molar-refractivity contribution in [2.75, 3.05) is 0 Å².